The fourth-order valence-electron chi connectivity index (χ4n) is 4.98. The molecular weight excluding hydrogens is 406 g/mol. The van der Waals surface area contributed by atoms with Crippen LogP contribution < -0.4 is 4.90 Å². The van der Waals surface area contributed by atoms with Crippen molar-refractivity contribution in [1.82, 2.24) is 4.90 Å². The second kappa shape index (κ2) is 8.58. The summed E-state index contributed by atoms with van der Waals surface area (Å²) in [6, 6.07) is 8.37. The van der Waals surface area contributed by atoms with E-state index in [4.69, 9.17) is 4.99 Å². The van der Waals surface area contributed by atoms with Crippen molar-refractivity contribution in [3.8, 4) is 0 Å². The molecule has 1 aromatic heterocycles. The number of hydrogen-bond acceptors (Lipinski definition) is 4. The third-order valence-corrected chi connectivity index (χ3v) is 7.92. The van der Waals surface area contributed by atoms with Gasteiger partial charge in [-0.3, -0.25) is 19.5 Å². The van der Waals surface area contributed by atoms with Crippen molar-refractivity contribution in [3.63, 3.8) is 0 Å². The summed E-state index contributed by atoms with van der Waals surface area (Å²) in [5.74, 6) is -0.0164. The number of nitrogens with zero attached hydrogens (tertiary/aromatic N) is 3. The van der Waals surface area contributed by atoms with E-state index in [0.29, 0.717) is 0 Å². The molecular formula is C25H29N3O2S. The number of hydrogen-bond donors (Lipinski definition) is 0. The van der Waals surface area contributed by atoms with Gasteiger partial charge in [-0.25, -0.2) is 0 Å². The number of thiophene rings is 1. The summed E-state index contributed by atoms with van der Waals surface area (Å²) in [6.45, 7) is 3.91. The Bertz CT molecular complexity index is 1050. The Labute approximate surface area is 187 Å². The number of benzene rings is 1. The molecule has 0 spiro atoms. The topological polar surface area (TPSA) is 53.0 Å². The van der Waals surface area contributed by atoms with E-state index in [9.17, 15) is 9.59 Å². The van der Waals surface area contributed by atoms with Gasteiger partial charge >= 0.3 is 0 Å². The van der Waals surface area contributed by atoms with Crippen molar-refractivity contribution in [2.24, 2.45) is 4.99 Å². The lowest BCUT2D eigenvalue weighted by atomic mass is 9.91. The summed E-state index contributed by atoms with van der Waals surface area (Å²) in [5.41, 5.74) is 5.60. The molecule has 1 fully saturated rings. The van der Waals surface area contributed by atoms with E-state index in [-0.39, 0.29) is 24.9 Å². The number of aryl methyl sites for hydroxylation is 2. The monoisotopic (exact) mass is 435 g/mol. The van der Waals surface area contributed by atoms with Gasteiger partial charge < -0.3 is 4.90 Å². The maximum Gasteiger partial charge on any atom is 0.249 e. The highest BCUT2D eigenvalue weighted by atomic mass is 32.1. The van der Waals surface area contributed by atoms with E-state index in [1.54, 1.807) is 16.2 Å². The Morgan fingerprint density at radius 1 is 1.10 bits per heavy atom. The van der Waals surface area contributed by atoms with Gasteiger partial charge in [0.25, 0.3) is 0 Å². The lowest BCUT2D eigenvalue weighted by Crippen LogP contribution is -2.45. The molecule has 2 aliphatic heterocycles. The van der Waals surface area contributed by atoms with Gasteiger partial charge in [0.1, 0.15) is 18.1 Å². The van der Waals surface area contributed by atoms with Gasteiger partial charge in [-0.2, -0.15) is 0 Å². The number of carbonyl (C=O) groups is 2. The maximum absolute atomic E-state index is 13.2. The number of aliphatic imine (C=N–C) groups is 1. The van der Waals surface area contributed by atoms with Gasteiger partial charge in [-0.15, -0.1) is 11.3 Å². The summed E-state index contributed by atoms with van der Waals surface area (Å²) >= 11 is 1.71. The van der Waals surface area contributed by atoms with Crippen LogP contribution >= 0.6 is 11.3 Å². The smallest absolute Gasteiger partial charge is 0.249 e. The molecule has 162 valence electrons. The molecule has 0 radical (unpaired) electrons. The van der Waals surface area contributed by atoms with Crippen LogP contribution in [0.5, 0.6) is 0 Å². The van der Waals surface area contributed by atoms with Crippen LogP contribution in [0.4, 0.5) is 5.00 Å². The summed E-state index contributed by atoms with van der Waals surface area (Å²) in [4.78, 5) is 36.1. The molecule has 1 saturated heterocycles. The van der Waals surface area contributed by atoms with Crippen LogP contribution in [0.2, 0.25) is 0 Å². The largest absolute Gasteiger partial charge is 0.341 e. The van der Waals surface area contributed by atoms with Crippen molar-refractivity contribution in [3.05, 3.63) is 51.4 Å². The Morgan fingerprint density at radius 3 is 2.71 bits per heavy atom. The molecule has 0 N–H and O–H groups in total. The van der Waals surface area contributed by atoms with Crippen molar-refractivity contribution >= 4 is 33.9 Å². The van der Waals surface area contributed by atoms with Crippen LogP contribution in [-0.4, -0.2) is 48.6 Å². The number of rotatable bonds is 3. The molecule has 1 aromatic carbocycles. The summed E-state index contributed by atoms with van der Waals surface area (Å²) in [5, 5.41) is 0.931. The second-order valence-corrected chi connectivity index (χ2v) is 9.93. The second-order valence-electron chi connectivity index (χ2n) is 8.85. The van der Waals surface area contributed by atoms with Gasteiger partial charge in [-0.1, -0.05) is 23.8 Å². The van der Waals surface area contributed by atoms with Gasteiger partial charge in [0.05, 0.1) is 5.71 Å². The molecule has 6 heteroatoms. The van der Waals surface area contributed by atoms with E-state index < -0.39 is 0 Å². The maximum atomic E-state index is 13.2. The molecule has 0 bridgehead atoms. The third kappa shape index (κ3) is 3.93. The molecule has 2 aromatic rings. The molecule has 0 saturated carbocycles. The van der Waals surface area contributed by atoms with Gasteiger partial charge in [-0.05, 0) is 63.5 Å². The molecule has 1 aliphatic carbocycles. The number of anilines is 1. The molecule has 2 amide bonds. The standard InChI is InChI=1S/C25H29N3O2S/c1-17-8-7-9-18(14-17)24-23-19-10-3-4-11-20(19)31-25(23)28(21(29)15-26-24)16-22(30)27-12-5-2-6-13-27/h7-9,14H,2-6,10-13,15-16H2,1H3. The van der Waals surface area contributed by atoms with Crippen molar-refractivity contribution in [2.75, 3.05) is 31.1 Å². The minimum atomic E-state index is -0.0761. The Kier molecular flexibility index (Phi) is 5.65. The lowest BCUT2D eigenvalue weighted by Gasteiger charge is -2.29. The van der Waals surface area contributed by atoms with Crippen LogP contribution in [0.3, 0.4) is 0 Å². The molecule has 3 heterocycles. The SMILES string of the molecule is Cc1cccc(C2=NCC(=O)N(CC(=O)N3CCCCC3)c3sc4c(c32)CCCC4)c1. The van der Waals surface area contributed by atoms with Crippen LogP contribution in [-0.2, 0) is 22.4 Å². The Hall–Kier alpha value is -2.47. The van der Waals surface area contributed by atoms with E-state index in [2.05, 4.69) is 31.2 Å². The highest BCUT2D eigenvalue weighted by Gasteiger charge is 2.34. The first-order chi connectivity index (χ1) is 15.1. The van der Waals surface area contributed by atoms with Crippen molar-refractivity contribution in [1.29, 1.82) is 0 Å². The van der Waals surface area contributed by atoms with Crippen LogP contribution in [0.15, 0.2) is 29.3 Å². The lowest BCUT2D eigenvalue weighted by molar-refractivity contribution is -0.132. The number of likely N-dealkylation sites (tertiary alicyclic amines) is 1. The van der Waals surface area contributed by atoms with E-state index >= 15 is 0 Å². The molecule has 31 heavy (non-hydrogen) atoms. The zero-order valence-electron chi connectivity index (χ0n) is 18.2. The van der Waals surface area contributed by atoms with E-state index in [1.165, 1.54) is 28.8 Å². The average Bonchev–Trinajstić information content (AvgIpc) is 3.11. The highest BCUT2D eigenvalue weighted by molar-refractivity contribution is 7.17. The normalized spacial score (nSPS) is 18.9. The quantitative estimate of drug-likeness (QED) is 0.728. The minimum absolute atomic E-state index is 0.0596. The van der Waals surface area contributed by atoms with Crippen LogP contribution in [0, 0.1) is 6.92 Å². The van der Waals surface area contributed by atoms with Gasteiger partial charge in [0, 0.05) is 29.1 Å². The molecule has 3 aliphatic rings. The van der Waals surface area contributed by atoms with Gasteiger partial charge in [0.2, 0.25) is 11.8 Å². The molecule has 0 unspecified atom stereocenters. The zero-order chi connectivity index (χ0) is 21.4. The zero-order valence-corrected chi connectivity index (χ0v) is 19.0. The fourth-order valence-corrected chi connectivity index (χ4v) is 6.38. The molecule has 0 atom stereocenters. The fraction of sp³-hybridized carbons (Fsp3) is 0.480. The predicted octanol–water partition coefficient (Wildman–Crippen LogP) is 4.13. The average molecular weight is 436 g/mol. The Morgan fingerprint density at radius 2 is 1.90 bits per heavy atom. The third-order valence-electron chi connectivity index (χ3n) is 6.60. The van der Waals surface area contributed by atoms with Crippen LogP contribution in [0.25, 0.3) is 0 Å². The number of amides is 2. The van der Waals surface area contributed by atoms with Gasteiger partial charge in [0.15, 0.2) is 0 Å². The summed E-state index contributed by atoms with van der Waals surface area (Å²) in [6.07, 6.45) is 7.71. The van der Waals surface area contributed by atoms with Crippen molar-refractivity contribution in [2.45, 2.75) is 51.9 Å². The van der Waals surface area contributed by atoms with Crippen molar-refractivity contribution < 1.29 is 9.59 Å². The van der Waals surface area contributed by atoms with Crippen LogP contribution in [0.1, 0.15) is 59.2 Å². The number of carbonyl (C=O) groups excluding carboxylic acids is 2. The molecule has 5 rings (SSSR count). The first kappa shape index (κ1) is 20.4. The first-order valence-corrected chi connectivity index (χ1v) is 12.3. The van der Waals surface area contributed by atoms with E-state index in [1.807, 2.05) is 4.90 Å². The number of fused-ring (bicyclic) bond motifs is 3. The highest BCUT2D eigenvalue weighted by Crippen LogP contribution is 2.42. The Balaban J connectivity index is 1.57. The van der Waals surface area contributed by atoms with E-state index in [0.717, 1.165) is 67.0 Å². The molecule has 5 nitrogen and oxygen atoms in total. The predicted molar refractivity (Wildman–Crippen MR) is 125 cm³/mol. The summed E-state index contributed by atoms with van der Waals surface area (Å²) in [7, 11) is 0. The minimum Gasteiger partial charge on any atom is -0.341 e. The first-order valence-electron chi connectivity index (χ1n) is 11.5. The number of piperidine rings is 1. The summed E-state index contributed by atoms with van der Waals surface area (Å²) < 4.78 is 0.